The second-order valence-corrected chi connectivity index (χ2v) is 9.52. The van der Waals surface area contributed by atoms with Crippen LogP contribution in [0.3, 0.4) is 0 Å². The average Bonchev–Trinajstić information content (AvgIpc) is 2.99. The highest BCUT2D eigenvalue weighted by atomic mass is 16.5. The second-order valence-electron chi connectivity index (χ2n) is 9.52. The van der Waals surface area contributed by atoms with Gasteiger partial charge < -0.3 is 4.74 Å². The standard InChI is InChI=1S/C22H28O/c1-19(2,3)21-11-12-22(23-21,20(4,5)6)18-14-16-10-8-7-9-15(16)13-17(18)21/h7-13,18H,14H2,1-6H3/t18-,21+,22-/m0/s1. The summed E-state index contributed by atoms with van der Waals surface area (Å²) in [5, 5.41) is 0. The first-order valence-corrected chi connectivity index (χ1v) is 8.81. The Morgan fingerprint density at radius 3 is 2.30 bits per heavy atom. The summed E-state index contributed by atoms with van der Waals surface area (Å²) in [7, 11) is 0. The van der Waals surface area contributed by atoms with E-state index in [1.807, 2.05) is 0 Å². The molecule has 1 heteroatoms. The Labute approximate surface area is 140 Å². The van der Waals surface area contributed by atoms with Gasteiger partial charge in [0.05, 0.1) is 5.60 Å². The normalized spacial score (nSPS) is 35.0. The maximum absolute atomic E-state index is 6.98. The van der Waals surface area contributed by atoms with E-state index in [0.29, 0.717) is 5.92 Å². The van der Waals surface area contributed by atoms with Crippen molar-refractivity contribution >= 4 is 6.08 Å². The van der Waals surface area contributed by atoms with Gasteiger partial charge >= 0.3 is 0 Å². The van der Waals surface area contributed by atoms with Gasteiger partial charge in [-0.15, -0.1) is 0 Å². The number of hydrogen-bond donors (Lipinski definition) is 0. The lowest BCUT2D eigenvalue weighted by Gasteiger charge is -2.43. The third-order valence-electron chi connectivity index (χ3n) is 6.29. The predicted molar refractivity (Wildman–Crippen MR) is 96.2 cm³/mol. The Bertz CT molecular complexity index is 725. The van der Waals surface area contributed by atoms with Crippen molar-refractivity contribution in [1.82, 2.24) is 0 Å². The van der Waals surface area contributed by atoms with Crippen LogP contribution in [0.4, 0.5) is 0 Å². The highest BCUT2D eigenvalue weighted by Crippen LogP contribution is 2.66. The van der Waals surface area contributed by atoms with Crippen LogP contribution in [0.2, 0.25) is 0 Å². The zero-order valence-electron chi connectivity index (χ0n) is 15.2. The molecule has 1 nitrogen and oxygen atoms in total. The van der Waals surface area contributed by atoms with E-state index in [9.17, 15) is 0 Å². The highest BCUT2D eigenvalue weighted by molar-refractivity contribution is 5.67. The fraction of sp³-hybridized carbons (Fsp3) is 0.545. The van der Waals surface area contributed by atoms with Crippen molar-refractivity contribution in [3.05, 3.63) is 53.1 Å². The Kier molecular flexibility index (Phi) is 2.77. The lowest BCUT2D eigenvalue weighted by Crippen LogP contribution is -2.46. The molecule has 0 unspecified atom stereocenters. The molecule has 1 aromatic carbocycles. The molecule has 0 aromatic heterocycles. The molecule has 2 aliphatic heterocycles. The van der Waals surface area contributed by atoms with Gasteiger partial charge in [-0.25, -0.2) is 0 Å². The Morgan fingerprint density at radius 1 is 0.957 bits per heavy atom. The minimum absolute atomic E-state index is 0.0450. The highest BCUT2D eigenvalue weighted by Gasteiger charge is 2.68. The third-order valence-corrected chi connectivity index (χ3v) is 6.29. The quantitative estimate of drug-likeness (QED) is 0.582. The van der Waals surface area contributed by atoms with Gasteiger partial charge in [-0.05, 0) is 40.0 Å². The van der Waals surface area contributed by atoms with E-state index in [1.54, 1.807) is 0 Å². The predicted octanol–water partition coefficient (Wildman–Crippen LogP) is 5.41. The average molecular weight is 308 g/mol. The van der Waals surface area contributed by atoms with Crippen molar-refractivity contribution in [2.45, 2.75) is 59.2 Å². The second kappa shape index (κ2) is 4.19. The molecule has 2 heterocycles. The lowest BCUT2D eigenvalue weighted by atomic mass is 9.58. The smallest absolute Gasteiger partial charge is 0.114 e. The summed E-state index contributed by atoms with van der Waals surface area (Å²) in [5.41, 5.74) is 3.97. The van der Waals surface area contributed by atoms with Crippen molar-refractivity contribution in [3.8, 4) is 0 Å². The van der Waals surface area contributed by atoms with Gasteiger partial charge in [0.2, 0.25) is 0 Å². The van der Waals surface area contributed by atoms with Crippen LogP contribution >= 0.6 is 0 Å². The third kappa shape index (κ3) is 1.72. The summed E-state index contributed by atoms with van der Waals surface area (Å²) in [6.45, 7) is 13.9. The van der Waals surface area contributed by atoms with Crippen LogP contribution in [-0.2, 0) is 11.2 Å². The van der Waals surface area contributed by atoms with Crippen LogP contribution in [0.1, 0.15) is 52.7 Å². The molecule has 23 heavy (non-hydrogen) atoms. The zero-order valence-corrected chi connectivity index (χ0v) is 15.2. The van der Waals surface area contributed by atoms with Crippen LogP contribution in [0, 0.1) is 16.7 Å². The Morgan fingerprint density at radius 2 is 1.65 bits per heavy atom. The number of hydrogen-bond acceptors (Lipinski definition) is 1. The largest absolute Gasteiger partial charge is 0.354 e. The van der Waals surface area contributed by atoms with E-state index < -0.39 is 0 Å². The molecule has 4 rings (SSSR count). The molecule has 1 aliphatic carbocycles. The maximum atomic E-state index is 6.98. The first-order valence-electron chi connectivity index (χ1n) is 8.81. The minimum Gasteiger partial charge on any atom is -0.354 e. The van der Waals surface area contributed by atoms with Gasteiger partial charge in [0.25, 0.3) is 0 Å². The van der Waals surface area contributed by atoms with Crippen LogP contribution < -0.4 is 0 Å². The molecule has 3 aliphatic rings. The van der Waals surface area contributed by atoms with Crippen molar-refractivity contribution in [1.29, 1.82) is 0 Å². The topological polar surface area (TPSA) is 9.23 Å². The molecule has 1 saturated heterocycles. The van der Waals surface area contributed by atoms with Gasteiger partial charge in [0.1, 0.15) is 5.60 Å². The molecule has 0 amide bonds. The Hall–Kier alpha value is -1.34. The van der Waals surface area contributed by atoms with E-state index in [2.05, 4.69) is 84.0 Å². The van der Waals surface area contributed by atoms with Crippen molar-refractivity contribution < 1.29 is 4.74 Å². The van der Waals surface area contributed by atoms with E-state index in [1.165, 1.54) is 16.7 Å². The molecule has 1 fully saturated rings. The van der Waals surface area contributed by atoms with E-state index >= 15 is 0 Å². The maximum Gasteiger partial charge on any atom is 0.114 e. The minimum atomic E-state index is -0.265. The zero-order chi connectivity index (χ0) is 16.7. The molecule has 1 aromatic rings. The first-order chi connectivity index (χ1) is 10.6. The van der Waals surface area contributed by atoms with E-state index in [4.69, 9.17) is 4.74 Å². The molecule has 0 spiro atoms. The molecule has 122 valence electrons. The van der Waals surface area contributed by atoms with Crippen LogP contribution in [-0.4, -0.2) is 11.2 Å². The van der Waals surface area contributed by atoms with Gasteiger partial charge in [-0.1, -0.05) is 78.0 Å². The fourth-order valence-corrected chi connectivity index (χ4v) is 4.89. The van der Waals surface area contributed by atoms with E-state index in [0.717, 1.165) is 6.42 Å². The Balaban J connectivity index is 1.97. The molecule has 0 radical (unpaired) electrons. The molecule has 0 saturated carbocycles. The molecular formula is C22H28O. The summed E-state index contributed by atoms with van der Waals surface area (Å²) >= 11 is 0. The van der Waals surface area contributed by atoms with E-state index in [-0.39, 0.29) is 22.0 Å². The monoisotopic (exact) mass is 308 g/mol. The van der Waals surface area contributed by atoms with Gasteiger partial charge in [-0.2, -0.15) is 0 Å². The van der Waals surface area contributed by atoms with Gasteiger partial charge in [-0.3, -0.25) is 0 Å². The summed E-state index contributed by atoms with van der Waals surface area (Å²) < 4.78 is 6.98. The van der Waals surface area contributed by atoms with Crippen molar-refractivity contribution in [3.63, 3.8) is 0 Å². The number of fused-ring (bicyclic) bond motifs is 6. The summed E-state index contributed by atoms with van der Waals surface area (Å²) in [5.74, 6) is 0.446. The molecule has 0 N–H and O–H groups in total. The number of ether oxygens (including phenoxy) is 1. The van der Waals surface area contributed by atoms with Crippen LogP contribution in [0.25, 0.3) is 6.08 Å². The first kappa shape index (κ1) is 15.2. The molecular weight excluding hydrogens is 280 g/mol. The molecule has 2 bridgehead atoms. The van der Waals surface area contributed by atoms with Crippen molar-refractivity contribution in [2.75, 3.05) is 0 Å². The molecule has 3 atom stereocenters. The number of rotatable bonds is 0. The summed E-state index contributed by atoms with van der Waals surface area (Å²) in [6.07, 6.45) is 8.25. The fourth-order valence-electron chi connectivity index (χ4n) is 4.89. The SMILES string of the molecule is CC(C)(C)[C@@]12C=C[C@@](C(C)(C)C)(O1)C1=Cc3ccccc3C[C@@H]12. The number of benzene rings is 1. The van der Waals surface area contributed by atoms with Gasteiger partial charge in [0.15, 0.2) is 0 Å². The van der Waals surface area contributed by atoms with Crippen molar-refractivity contribution in [2.24, 2.45) is 16.7 Å². The lowest BCUT2D eigenvalue weighted by molar-refractivity contribution is -0.131. The van der Waals surface area contributed by atoms with Crippen LogP contribution in [0.15, 0.2) is 42.0 Å². The summed E-state index contributed by atoms with van der Waals surface area (Å²) in [4.78, 5) is 0. The van der Waals surface area contributed by atoms with Gasteiger partial charge in [0, 0.05) is 5.92 Å². The summed E-state index contributed by atoms with van der Waals surface area (Å²) in [6, 6.07) is 8.82. The van der Waals surface area contributed by atoms with Crippen LogP contribution in [0.5, 0.6) is 0 Å².